The zero-order chi connectivity index (χ0) is 16.2. The number of hydrazone groups is 1. The summed E-state index contributed by atoms with van der Waals surface area (Å²) in [6.07, 6.45) is 1.60. The Labute approximate surface area is 142 Å². The van der Waals surface area contributed by atoms with E-state index in [1.165, 1.54) is 0 Å². The minimum Gasteiger partial charge on any atom is -0.455 e. The monoisotopic (exact) mass is 370 g/mol. The van der Waals surface area contributed by atoms with Crippen molar-refractivity contribution in [3.8, 4) is 11.3 Å². The van der Waals surface area contributed by atoms with Gasteiger partial charge in [-0.25, -0.2) is 15.4 Å². The Bertz CT molecular complexity index is 837. The number of halogens is 1. The molecular weight excluding hydrogens is 356 g/mol. The quantitative estimate of drug-likeness (QED) is 0.539. The molecule has 0 aliphatic heterocycles. The van der Waals surface area contributed by atoms with E-state index in [9.17, 15) is 0 Å². The number of aryl methyl sites for hydroxylation is 2. The van der Waals surface area contributed by atoms with Crippen LogP contribution in [-0.2, 0) is 0 Å². The molecule has 0 saturated heterocycles. The lowest BCUT2D eigenvalue weighted by atomic mass is 10.2. The van der Waals surface area contributed by atoms with Crippen LogP contribution in [0.3, 0.4) is 0 Å². The largest absolute Gasteiger partial charge is 0.455 e. The Morgan fingerprint density at radius 2 is 1.83 bits per heavy atom. The molecule has 5 nitrogen and oxygen atoms in total. The highest BCUT2D eigenvalue weighted by molar-refractivity contribution is 9.10. The van der Waals surface area contributed by atoms with Gasteiger partial charge in [-0.3, -0.25) is 0 Å². The van der Waals surface area contributed by atoms with E-state index in [1.54, 1.807) is 6.21 Å². The maximum Gasteiger partial charge on any atom is 0.243 e. The zero-order valence-corrected chi connectivity index (χ0v) is 14.3. The number of hydrogen-bond acceptors (Lipinski definition) is 5. The maximum atomic E-state index is 5.78. The van der Waals surface area contributed by atoms with Gasteiger partial charge in [0.25, 0.3) is 0 Å². The first-order valence-corrected chi connectivity index (χ1v) is 7.87. The van der Waals surface area contributed by atoms with Crippen LogP contribution in [0.5, 0.6) is 0 Å². The summed E-state index contributed by atoms with van der Waals surface area (Å²) in [6, 6.07) is 13.6. The number of hydrogen-bond donors (Lipinski definition) is 1. The molecule has 0 unspecified atom stereocenters. The van der Waals surface area contributed by atoms with E-state index in [4.69, 9.17) is 4.42 Å². The van der Waals surface area contributed by atoms with Gasteiger partial charge in [0.1, 0.15) is 11.5 Å². The minimum absolute atomic E-state index is 0.469. The molecule has 1 aromatic carbocycles. The van der Waals surface area contributed by atoms with Crippen LogP contribution in [0.25, 0.3) is 11.3 Å². The normalized spacial score (nSPS) is 11.1. The van der Waals surface area contributed by atoms with Crippen molar-refractivity contribution in [1.29, 1.82) is 0 Å². The lowest BCUT2D eigenvalue weighted by Crippen LogP contribution is -1.99. The van der Waals surface area contributed by atoms with Crippen molar-refractivity contribution in [2.45, 2.75) is 13.8 Å². The molecule has 0 spiro atoms. The summed E-state index contributed by atoms with van der Waals surface area (Å²) < 4.78 is 6.76. The molecule has 23 heavy (non-hydrogen) atoms. The van der Waals surface area contributed by atoms with E-state index in [-0.39, 0.29) is 0 Å². The number of anilines is 1. The van der Waals surface area contributed by atoms with E-state index >= 15 is 0 Å². The molecule has 2 heterocycles. The van der Waals surface area contributed by atoms with E-state index in [0.717, 1.165) is 27.2 Å². The maximum absolute atomic E-state index is 5.78. The molecule has 0 atom stereocenters. The van der Waals surface area contributed by atoms with Crippen molar-refractivity contribution >= 4 is 28.1 Å². The van der Waals surface area contributed by atoms with Crippen molar-refractivity contribution in [3.05, 3.63) is 64.1 Å². The third kappa shape index (κ3) is 3.84. The van der Waals surface area contributed by atoms with Gasteiger partial charge in [0.2, 0.25) is 5.95 Å². The van der Waals surface area contributed by atoms with Crippen molar-refractivity contribution in [3.63, 3.8) is 0 Å². The van der Waals surface area contributed by atoms with Crippen molar-refractivity contribution < 1.29 is 4.42 Å². The summed E-state index contributed by atoms with van der Waals surface area (Å²) in [7, 11) is 0. The van der Waals surface area contributed by atoms with Crippen LogP contribution in [-0.4, -0.2) is 16.2 Å². The first kappa shape index (κ1) is 15.4. The Kier molecular flexibility index (Phi) is 4.52. The van der Waals surface area contributed by atoms with Crippen LogP contribution in [0.4, 0.5) is 5.95 Å². The summed E-state index contributed by atoms with van der Waals surface area (Å²) in [5.74, 6) is 1.89. The molecule has 0 aliphatic rings. The first-order chi connectivity index (χ1) is 11.1. The molecule has 0 saturated carbocycles. The SMILES string of the molecule is Cc1cc(C)nc(N/N=C/c2ccc(-c3ccccc3Br)o2)n1. The summed E-state index contributed by atoms with van der Waals surface area (Å²) in [6.45, 7) is 3.83. The highest BCUT2D eigenvalue weighted by Crippen LogP contribution is 2.28. The lowest BCUT2D eigenvalue weighted by molar-refractivity contribution is 0.574. The van der Waals surface area contributed by atoms with Gasteiger partial charge >= 0.3 is 0 Å². The molecule has 0 aliphatic carbocycles. The summed E-state index contributed by atoms with van der Waals surface area (Å²) in [4.78, 5) is 8.51. The molecule has 6 heteroatoms. The smallest absolute Gasteiger partial charge is 0.243 e. The topological polar surface area (TPSA) is 63.3 Å². The highest BCUT2D eigenvalue weighted by atomic mass is 79.9. The lowest BCUT2D eigenvalue weighted by Gasteiger charge is -2.01. The standard InChI is InChI=1S/C17H15BrN4O/c1-11-9-12(2)21-17(20-11)22-19-10-13-7-8-16(23-13)14-5-3-4-6-15(14)18/h3-10H,1-2H3,(H,20,21,22)/b19-10+. The second-order valence-corrected chi connectivity index (χ2v) is 5.88. The molecule has 1 N–H and O–H groups in total. The van der Waals surface area contributed by atoms with Crippen molar-refractivity contribution in [2.24, 2.45) is 5.10 Å². The summed E-state index contributed by atoms with van der Waals surface area (Å²) in [5.41, 5.74) is 5.60. The minimum atomic E-state index is 0.469. The van der Waals surface area contributed by atoms with Gasteiger partial charge < -0.3 is 4.42 Å². The molecule has 2 aromatic heterocycles. The zero-order valence-electron chi connectivity index (χ0n) is 12.7. The van der Waals surface area contributed by atoms with Crippen LogP contribution in [0.2, 0.25) is 0 Å². The fraction of sp³-hybridized carbons (Fsp3) is 0.118. The van der Waals surface area contributed by atoms with Gasteiger partial charge in [0, 0.05) is 21.4 Å². The number of furan rings is 1. The molecule has 0 amide bonds. The van der Waals surface area contributed by atoms with Gasteiger partial charge in [0.05, 0.1) is 6.21 Å². The molecule has 0 fully saturated rings. The Morgan fingerprint density at radius 3 is 2.57 bits per heavy atom. The van der Waals surface area contributed by atoms with Gasteiger partial charge in [-0.05, 0) is 38.1 Å². The van der Waals surface area contributed by atoms with Gasteiger partial charge in [0.15, 0.2) is 0 Å². The third-order valence-corrected chi connectivity index (χ3v) is 3.80. The molecule has 0 radical (unpaired) electrons. The predicted molar refractivity (Wildman–Crippen MR) is 94.6 cm³/mol. The molecule has 116 valence electrons. The van der Waals surface area contributed by atoms with Crippen LogP contribution in [0, 0.1) is 13.8 Å². The first-order valence-electron chi connectivity index (χ1n) is 7.08. The second-order valence-electron chi connectivity index (χ2n) is 5.03. The molecule has 0 bridgehead atoms. The third-order valence-electron chi connectivity index (χ3n) is 3.10. The fourth-order valence-corrected chi connectivity index (χ4v) is 2.64. The highest BCUT2D eigenvalue weighted by Gasteiger charge is 2.06. The number of nitrogens with one attached hydrogen (secondary N) is 1. The average Bonchev–Trinajstić information content (AvgIpc) is 2.95. The predicted octanol–water partition coefficient (Wildman–Crippen LogP) is 4.56. The Morgan fingerprint density at radius 1 is 1.09 bits per heavy atom. The van der Waals surface area contributed by atoms with Gasteiger partial charge in [-0.1, -0.05) is 34.1 Å². The number of benzene rings is 1. The Balaban J connectivity index is 1.73. The van der Waals surface area contributed by atoms with E-state index in [2.05, 4.69) is 36.4 Å². The van der Waals surface area contributed by atoms with Crippen LogP contribution in [0.1, 0.15) is 17.1 Å². The van der Waals surface area contributed by atoms with Gasteiger partial charge in [-0.15, -0.1) is 0 Å². The fourth-order valence-electron chi connectivity index (χ4n) is 2.16. The van der Waals surface area contributed by atoms with E-state index in [1.807, 2.05) is 56.3 Å². The van der Waals surface area contributed by atoms with Crippen molar-refractivity contribution in [1.82, 2.24) is 9.97 Å². The van der Waals surface area contributed by atoms with Crippen LogP contribution < -0.4 is 5.43 Å². The van der Waals surface area contributed by atoms with E-state index < -0.39 is 0 Å². The van der Waals surface area contributed by atoms with Gasteiger partial charge in [-0.2, -0.15) is 5.10 Å². The van der Waals surface area contributed by atoms with Crippen molar-refractivity contribution in [2.75, 3.05) is 5.43 Å². The number of aromatic nitrogens is 2. The molecule has 3 aromatic rings. The summed E-state index contributed by atoms with van der Waals surface area (Å²) >= 11 is 3.52. The van der Waals surface area contributed by atoms with Crippen LogP contribution >= 0.6 is 15.9 Å². The molecular formula is C17H15BrN4O. The number of nitrogens with zero attached hydrogens (tertiary/aromatic N) is 3. The second kappa shape index (κ2) is 6.75. The molecule has 3 rings (SSSR count). The Hall–Kier alpha value is -2.47. The number of rotatable bonds is 4. The van der Waals surface area contributed by atoms with E-state index in [0.29, 0.717) is 11.7 Å². The average molecular weight is 371 g/mol. The summed E-state index contributed by atoms with van der Waals surface area (Å²) in [5, 5.41) is 4.12. The van der Waals surface area contributed by atoms with Crippen LogP contribution in [0.15, 0.2) is 56.5 Å².